The molecule has 0 saturated carbocycles. The maximum Gasteiger partial charge on any atom is 0.251 e. The van der Waals surface area contributed by atoms with Crippen LogP contribution in [0.3, 0.4) is 0 Å². The second-order valence-corrected chi connectivity index (χ2v) is 8.36. The molecule has 7 heteroatoms. The van der Waals surface area contributed by atoms with Gasteiger partial charge in [-0.3, -0.25) is 9.93 Å². The van der Waals surface area contributed by atoms with Crippen LogP contribution in [-0.2, 0) is 0 Å². The fourth-order valence-corrected chi connectivity index (χ4v) is 3.12. The molecular formula is C25H39N3O3S. The second-order valence-electron chi connectivity index (χ2n) is 7.69. The number of anilines is 1. The second kappa shape index (κ2) is 15.6. The zero-order chi connectivity index (χ0) is 23.9. The van der Waals surface area contributed by atoms with Gasteiger partial charge in [0.1, 0.15) is 5.75 Å². The highest BCUT2D eigenvalue weighted by Crippen LogP contribution is 2.40. The van der Waals surface area contributed by atoms with Gasteiger partial charge in [0.15, 0.2) is 5.75 Å². The monoisotopic (exact) mass is 461 g/mol. The summed E-state index contributed by atoms with van der Waals surface area (Å²) in [6, 6.07) is 12.7. The lowest BCUT2D eigenvalue weighted by molar-refractivity contribution is 0.0922. The van der Waals surface area contributed by atoms with Crippen LogP contribution < -0.4 is 20.1 Å². The standard InChI is InChI=1S/C21H29N3O3S.C4H10/c1-4-5-11-24(3)18-12-16(21(26)23-15(2)14-25)13-19(28-22)20(18)27-17-9-7-6-8-10-17;1-3-4-2/h6-10,12-13,15,25H,4-5,11,14,22H2,1-3H3,(H,23,26);3-4H2,1-2H3. The van der Waals surface area contributed by atoms with Crippen molar-refractivity contribution in [3.63, 3.8) is 0 Å². The average Bonchev–Trinajstić information content (AvgIpc) is 2.83. The molecule has 178 valence electrons. The minimum atomic E-state index is -0.331. The summed E-state index contributed by atoms with van der Waals surface area (Å²) in [6.45, 7) is 8.95. The van der Waals surface area contributed by atoms with E-state index in [2.05, 4.69) is 31.0 Å². The van der Waals surface area contributed by atoms with Crippen molar-refractivity contribution in [1.82, 2.24) is 5.32 Å². The molecule has 4 N–H and O–H groups in total. The molecule has 0 heterocycles. The van der Waals surface area contributed by atoms with E-state index in [1.807, 2.05) is 43.4 Å². The highest BCUT2D eigenvalue weighted by atomic mass is 32.2. The van der Waals surface area contributed by atoms with Gasteiger partial charge in [-0.2, -0.15) is 0 Å². The molecule has 0 radical (unpaired) electrons. The first-order chi connectivity index (χ1) is 15.4. The summed E-state index contributed by atoms with van der Waals surface area (Å²) in [6.07, 6.45) is 4.72. The van der Waals surface area contributed by atoms with E-state index < -0.39 is 0 Å². The summed E-state index contributed by atoms with van der Waals surface area (Å²) < 4.78 is 6.16. The highest BCUT2D eigenvalue weighted by Gasteiger charge is 2.20. The minimum absolute atomic E-state index is 0.122. The van der Waals surface area contributed by atoms with Crippen molar-refractivity contribution in [1.29, 1.82) is 0 Å². The van der Waals surface area contributed by atoms with Crippen LogP contribution in [0.2, 0.25) is 0 Å². The van der Waals surface area contributed by atoms with Crippen molar-refractivity contribution in [3.05, 3.63) is 48.0 Å². The Morgan fingerprint density at radius 1 is 1.16 bits per heavy atom. The molecule has 2 aromatic carbocycles. The Labute approximate surface area is 197 Å². The van der Waals surface area contributed by atoms with E-state index in [-0.39, 0.29) is 18.6 Å². The van der Waals surface area contributed by atoms with Gasteiger partial charge in [0.2, 0.25) is 0 Å². The summed E-state index contributed by atoms with van der Waals surface area (Å²) in [4.78, 5) is 15.4. The topological polar surface area (TPSA) is 87.8 Å². The molecule has 2 aromatic rings. The van der Waals surface area contributed by atoms with Crippen molar-refractivity contribution in [2.24, 2.45) is 5.14 Å². The van der Waals surface area contributed by atoms with Crippen LogP contribution in [0.25, 0.3) is 0 Å². The number of rotatable bonds is 11. The van der Waals surface area contributed by atoms with E-state index in [4.69, 9.17) is 9.88 Å². The van der Waals surface area contributed by atoms with Gasteiger partial charge in [-0.1, -0.05) is 58.2 Å². The van der Waals surface area contributed by atoms with E-state index in [0.29, 0.717) is 22.0 Å². The average molecular weight is 462 g/mol. The highest BCUT2D eigenvalue weighted by molar-refractivity contribution is 7.97. The van der Waals surface area contributed by atoms with Gasteiger partial charge in [-0.25, -0.2) is 0 Å². The summed E-state index contributed by atoms with van der Waals surface area (Å²) in [5.74, 6) is 1.08. The normalized spacial score (nSPS) is 11.2. The zero-order valence-electron chi connectivity index (χ0n) is 20.1. The number of unbranched alkanes of at least 4 members (excludes halogenated alkanes) is 2. The molecule has 2 rings (SSSR count). The fraction of sp³-hybridized carbons (Fsp3) is 0.480. The van der Waals surface area contributed by atoms with Crippen LogP contribution in [0.1, 0.15) is 63.7 Å². The molecule has 1 unspecified atom stereocenters. The molecule has 6 nitrogen and oxygen atoms in total. The van der Waals surface area contributed by atoms with E-state index in [0.717, 1.165) is 37.0 Å². The van der Waals surface area contributed by atoms with Crippen molar-refractivity contribution in [2.45, 2.75) is 64.3 Å². The Balaban J connectivity index is 0.00000118. The van der Waals surface area contributed by atoms with Gasteiger partial charge < -0.3 is 20.1 Å². The predicted octanol–water partition coefficient (Wildman–Crippen LogP) is 5.60. The predicted molar refractivity (Wildman–Crippen MR) is 136 cm³/mol. The Bertz CT molecular complexity index is 801. The number of carbonyl (C=O) groups is 1. The molecule has 0 saturated heterocycles. The molecule has 0 bridgehead atoms. The quantitative estimate of drug-likeness (QED) is 0.378. The Morgan fingerprint density at radius 2 is 1.81 bits per heavy atom. The van der Waals surface area contributed by atoms with E-state index in [9.17, 15) is 9.90 Å². The largest absolute Gasteiger partial charge is 0.454 e. The first-order valence-corrected chi connectivity index (χ1v) is 12.2. The van der Waals surface area contributed by atoms with E-state index >= 15 is 0 Å². The molecule has 0 aliphatic carbocycles. The third-order valence-electron chi connectivity index (χ3n) is 4.80. The minimum Gasteiger partial charge on any atom is -0.454 e. The Morgan fingerprint density at radius 3 is 2.34 bits per heavy atom. The van der Waals surface area contributed by atoms with Gasteiger partial charge in [0.25, 0.3) is 5.91 Å². The number of carbonyl (C=O) groups excluding carboxylic acids is 1. The lowest BCUT2D eigenvalue weighted by atomic mass is 10.1. The van der Waals surface area contributed by atoms with Crippen molar-refractivity contribution < 1.29 is 14.6 Å². The van der Waals surface area contributed by atoms with Crippen LogP contribution in [0.5, 0.6) is 11.5 Å². The van der Waals surface area contributed by atoms with Gasteiger partial charge in [0, 0.05) is 25.2 Å². The molecule has 0 fully saturated rings. The third-order valence-corrected chi connectivity index (χ3v) is 5.35. The SMILES string of the molecule is CCCC.CCCCN(C)c1cc(C(=O)NC(C)CO)cc(SN)c1Oc1ccccc1. The Hall–Kier alpha value is -2.22. The van der Waals surface area contributed by atoms with Crippen LogP contribution in [0.4, 0.5) is 5.69 Å². The smallest absolute Gasteiger partial charge is 0.251 e. The number of amides is 1. The number of benzene rings is 2. The van der Waals surface area contributed by atoms with Crippen LogP contribution >= 0.6 is 11.9 Å². The number of nitrogens with zero attached hydrogens (tertiary/aromatic N) is 1. The van der Waals surface area contributed by atoms with Crippen LogP contribution in [0.15, 0.2) is 47.4 Å². The summed E-state index contributed by atoms with van der Waals surface area (Å²) in [7, 11) is 1.98. The molecule has 0 aliphatic rings. The number of aliphatic hydroxyl groups is 1. The summed E-state index contributed by atoms with van der Waals surface area (Å²) in [5, 5.41) is 17.9. The lowest BCUT2D eigenvalue weighted by Gasteiger charge is -2.25. The Kier molecular flexibility index (Phi) is 13.5. The van der Waals surface area contributed by atoms with Gasteiger partial charge in [-0.15, -0.1) is 0 Å². The fourth-order valence-electron chi connectivity index (χ4n) is 2.67. The maximum atomic E-state index is 12.6. The van der Waals surface area contributed by atoms with E-state index in [1.165, 1.54) is 12.8 Å². The summed E-state index contributed by atoms with van der Waals surface area (Å²) in [5.41, 5.74) is 1.28. The molecule has 0 spiro atoms. The number of aliphatic hydroxyl groups excluding tert-OH is 1. The van der Waals surface area contributed by atoms with Gasteiger partial charge in [0.05, 0.1) is 17.2 Å². The van der Waals surface area contributed by atoms with Crippen molar-refractivity contribution in [2.75, 3.05) is 25.1 Å². The number of para-hydroxylation sites is 1. The number of ether oxygens (including phenoxy) is 1. The molecule has 0 aliphatic heterocycles. The molecule has 1 amide bonds. The summed E-state index contributed by atoms with van der Waals surface area (Å²) >= 11 is 1.05. The number of hydrogen-bond acceptors (Lipinski definition) is 6. The maximum absolute atomic E-state index is 12.6. The first kappa shape index (κ1) is 27.8. The molecule has 1 atom stereocenters. The number of nitrogens with one attached hydrogen (secondary N) is 1. The van der Waals surface area contributed by atoms with Crippen molar-refractivity contribution in [3.8, 4) is 11.5 Å². The van der Waals surface area contributed by atoms with Crippen LogP contribution in [0, 0.1) is 0 Å². The third kappa shape index (κ3) is 9.10. The van der Waals surface area contributed by atoms with Crippen LogP contribution in [-0.4, -0.2) is 37.3 Å². The zero-order valence-corrected chi connectivity index (χ0v) is 20.9. The lowest BCUT2D eigenvalue weighted by Crippen LogP contribution is -2.35. The van der Waals surface area contributed by atoms with Gasteiger partial charge >= 0.3 is 0 Å². The number of hydrogen-bond donors (Lipinski definition) is 3. The first-order valence-electron chi connectivity index (χ1n) is 11.3. The van der Waals surface area contributed by atoms with Gasteiger partial charge in [-0.05, 0) is 49.6 Å². The molecule has 32 heavy (non-hydrogen) atoms. The molecule has 0 aromatic heterocycles. The number of nitrogens with two attached hydrogens (primary N) is 1. The molecular weight excluding hydrogens is 422 g/mol. The van der Waals surface area contributed by atoms with Crippen molar-refractivity contribution >= 4 is 23.5 Å². The van der Waals surface area contributed by atoms with E-state index in [1.54, 1.807) is 13.0 Å².